The number of aryl methyl sites for hydroxylation is 1. The largest absolute Gasteiger partial charge is 0.325 e. The predicted octanol–water partition coefficient (Wildman–Crippen LogP) is 3.39. The molecule has 1 amide bonds. The average molecular weight is 343 g/mol. The summed E-state index contributed by atoms with van der Waals surface area (Å²) >= 11 is 0. The van der Waals surface area contributed by atoms with Gasteiger partial charge in [0.05, 0.1) is 22.9 Å². The molecule has 0 saturated heterocycles. The van der Waals surface area contributed by atoms with Crippen molar-refractivity contribution in [1.29, 1.82) is 0 Å². The van der Waals surface area contributed by atoms with E-state index in [1.165, 1.54) is 0 Å². The number of imidazole rings is 1. The van der Waals surface area contributed by atoms with Gasteiger partial charge in [0.25, 0.3) is 0 Å². The van der Waals surface area contributed by atoms with Gasteiger partial charge in [-0.05, 0) is 42.3 Å². The molecule has 128 valence electrons. The second-order valence-electron chi connectivity index (χ2n) is 5.92. The molecule has 6 nitrogen and oxygen atoms in total. The number of fused-ring (bicyclic) bond motifs is 1. The van der Waals surface area contributed by atoms with Crippen LogP contribution in [0.4, 0.5) is 5.69 Å². The van der Waals surface area contributed by atoms with Crippen molar-refractivity contribution in [2.24, 2.45) is 0 Å². The highest BCUT2D eigenvalue weighted by molar-refractivity contribution is 5.90. The molecule has 0 aliphatic carbocycles. The van der Waals surface area contributed by atoms with E-state index in [1.54, 1.807) is 24.9 Å². The molecule has 1 aromatic carbocycles. The Morgan fingerprint density at radius 3 is 2.73 bits per heavy atom. The van der Waals surface area contributed by atoms with Crippen molar-refractivity contribution in [2.45, 2.75) is 12.8 Å². The van der Waals surface area contributed by atoms with E-state index in [9.17, 15) is 4.79 Å². The summed E-state index contributed by atoms with van der Waals surface area (Å²) < 4.78 is 1.92. The lowest BCUT2D eigenvalue weighted by Crippen LogP contribution is -2.12. The molecule has 0 radical (unpaired) electrons. The maximum absolute atomic E-state index is 12.1. The Labute approximate surface area is 150 Å². The zero-order valence-corrected chi connectivity index (χ0v) is 14.0. The fourth-order valence-corrected chi connectivity index (χ4v) is 2.77. The predicted molar refractivity (Wildman–Crippen MR) is 100 cm³/mol. The molecular formula is C20H17N5O. The van der Waals surface area contributed by atoms with Gasteiger partial charge in [0.15, 0.2) is 0 Å². The molecule has 4 rings (SSSR count). The quantitative estimate of drug-likeness (QED) is 0.603. The lowest BCUT2D eigenvalue weighted by molar-refractivity contribution is -0.116. The second kappa shape index (κ2) is 7.14. The van der Waals surface area contributed by atoms with Crippen molar-refractivity contribution in [3.8, 4) is 5.82 Å². The Morgan fingerprint density at radius 1 is 1.00 bits per heavy atom. The van der Waals surface area contributed by atoms with Gasteiger partial charge in [-0.3, -0.25) is 14.3 Å². The van der Waals surface area contributed by atoms with Gasteiger partial charge in [0, 0.05) is 18.8 Å². The van der Waals surface area contributed by atoms with E-state index in [-0.39, 0.29) is 5.91 Å². The molecule has 0 fully saturated rings. The van der Waals surface area contributed by atoms with Crippen LogP contribution in [0.2, 0.25) is 0 Å². The number of hydrogen-bond acceptors (Lipinski definition) is 4. The summed E-state index contributed by atoms with van der Waals surface area (Å²) in [5.41, 5.74) is 3.63. The van der Waals surface area contributed by atoms with Crippen LogP contribution in [0, 0.1) is 0 Å². The second-order valence-corrected chi connectivity index (χ2v) is 5.92. The molecule has 6 heteroatoms. The SMILES string of the molecule is O=C(CCc1cccnc1)Nc1ccc(-n2cnc3ccccc32)nc1. The van der Waals surface area contributed by atoms with Gasteiger partial charge in [0.2, 0.25) is 5.91 Å². The Balaban J connectivity index is 1.42. The standard InChI is InChI=1S/C20H17N5O/c26-20(10-7-15-4-3-11-21-12-15)24-16-8-9-19(22-13-16)25-14-23-17-5-1-2-6-18(17)25/h1-6,8-9,11-14H,7,10H2,(H,24,26). The van der Waals surface area contributed by atoms with Crippen molar-refractivity contribution < 1.29 is 4.79 Å². The van der Waals surface area contributed by atoms with Crippen LogP contribution >= 0.6 is 0 Å². The monoisotopic (exact) mass is 343 g/mol. The van der Waals surface area contributed by atoms with Crippen molar-refractivity contribution in [2.75, 3.05) is 5.32 Å². The Bertz CT molecular complexity index is 1020. The molecule has 1 N–H and O–H groups in total. The molecule has 26 heavy (non-hydrogen) atoms. The zero-order chi connectivity index (χ0) is 17.8. The van der Waals surface area contributed by atoms with Crippen molar-refractivity contribution in [3.63, 3.8) is 0 Å². The average Bonchev–Trinajstić information content (AvgIpc) is 3.12. The molecule has 0 bridgehead atoms. The number of carbonyl (C=O) groups excluding carboxylic acids is 1. The van der Waals surface area contributed by atoms with Gasteiger partial charge in [-0.2, -0.15) is 0 Å². The summed E-state index contributed by atoms with van der Waals surface area (Å²) in [7, 11) is 0. The first-order chi connectivity index (χ1) is 12.8. The number of anilines is 1. The van der Waals surface area contributed by atoms with E-state index in [0.717, 1.165) is 22.4 Å². The van der Waals surface area contributed by atoms with Gasteiger partial charge >= 0.3 is 0 Å². The van der Waals surface area contributed by atoms with Crippen LogP contribution in [0.5, 0.6) is 0 Å². The van der Waals surface area contributed by atoms with Crippen molar-refractivity contribution in [3.05, 3.63) is 79.0 Å². The maximum atomic E-state index is 12.1. The highest BCUT2D eigenvalue weighted by Crippen LogP contribution is 2.17. The summed E-state index contributed by atoms with van der Waals surface area (Å²) in [5, 5.41) is 2.88. The van der Waals surface area contributed by atoms with Crippen LogP contribution < -0.4 is 5.32 Å². The number of nitrogens with one attached hydrogen (secondary N) is 1. The summed E-state index contributed by atoms with van der Waals surface area (Å²) in [6.07, 6.45) is 7.97. The first kappa shape index (κ1) is 16.0. The molecule has 3 aromatic heterocycles. The van der Waals surface area contributed by atoms with E-state index in [1.807, 2.05) is 53.1 Å². The highest BCUT2D eigenvalue weighted by Gasteiger charge is 2.07. The number of aromatic nitrogens is 4. The van der Waals surface area contributed by atoms with Crippen LogP contribution in [0.1, 0.15) is 12.0 Å². The van der Waals surface area contributed by atoms with E-state index < -0.39 is 0 Å². The third kappa shape index (κ3) is 3.44. The Kier molecular flexibility index (Phi) is 4.38. The molecular weight excluding hydrogens is 326 g/mol. The third-order valence-electron chi connectivity index (χ3n) is 4.10. The van der Waals surface area contributed by atoms with Crippen LogP contribution in [0.3, 0.4) is 0 Å². The van der Waals surface area contributed by atoms with E-state index in [2.05, 4.69) is 20.3 Å². The number of rotatable bonds is 5. The fraction of sp³-hybridized carbons (Fsp3) is 0.100. The summed E-state index contributed by atoms with van der Waals surface area (Å²) in [6.45, 7) is 0. The lowest BCUT2D eigenvalue weighted by atomic mass is 10.1. The zero-order valence-electron chi connectivity index (χ0n) is 14.0. The number of amides is 1. The molecule has 3 heterocycles. The molecule has 0 unspecified atom stereocenters. The van der Waals surface area contributed by atoms with E-state index in [0.29, 0.717) is 18.5 Å². The molecule has 0 spiro atoms. The first-order valence-electron chi connectivity index (χ1n) is 8.37. The van der Waals surface area contributed by atoms with Gasteiger partial charge < -0.3 is 5.32 Å². The smallest absolute Gasteiger partial charge is 0.224 e. The number of para-hydroxylation sites is 2. The minimum atomic E-state index is -0.0449. The summed E-state index contributed by atoms with van der Waals surface area (Å²) in [6, 6.07) is 15.4. The first-order valence-corrected chi connectivity index (χ1v) is 8.37. The number of carbonyl (C=O) groups is 1. The minimum Gasteiger partial charge on any atom is -0.325 e. The van der Waals surface area contributed by atoms with Crippen LogP contribution in [-0.2, 0) is 11.2 Å². The summed E-state index contributed by atoms with van der Waals surface area (Å²) in [5.74, 6) is 0.712. The van der Waals surface area contributed by atoms with Crippen molar-refractivity contribution >= 4 is 22.6 Å². The van der Waals surface area contributed by atoms with Crippen LogP contribution in [0.25, 0.3) is 16.9 Å². The normalized spacial score (nSPS) is 10.8. The molecule has 0 aliphatic rings. The summed E-state index contributed by atoms with van der Waals surface area (Å²) in [4.78, 5) is 25.0. The highest BCUT2D eigenvalue weighted by atomic mass is 16.1. The number of hydrogen-bond donors (Lipinski definition) is 1. The number of nitrogens with zero attached hydrogens (tertiary/aromatic N) is 4. The Morgan fingerprint density at radius 2 is 1.92 bits per heavy atom. The minimum absolute atomic E-state index is 0.0449. The number of benzene rings is 1. The van der Waals surface area contributed by atoms with E-state index in [4.69, 9.17) is 0 Å². The van der Waals surface area contributed by atoms with Crippen molar-refractivity contribution in [1.82, 2.24) is 19.5 Å². The van der Waals surface area contributed by atoms with Gasteiger partial charge in [-0.15, -0.1) is 0 Å². The topological polar surface area (TPSA) is 72.7 Å². The number of pyridine rings is 2. The molecule has 4 aromatic rings. The molecule has 0 aliphatic heterocycles. The van der Waals surface area contributed by atoms with Crippen LogP contribution in [0.15, 0.2) is 73.4 Å². The maximum Gasteiger partial charge on any atom is 0.224 e. The molecule has 0 atom stereocenters. The van der Waals surface area contributed by atoms with Gasteiger partial charge in [-0.25, -0.2) is 9.97 Å². The van der Waals surface area contributed by atoms with Gasteiger partial charge in [0.1, 0.15) is 12.1 Å². The van der Waals surface area contributed by atoms with Crippen LogP contribution in [-0.4, -0.2) is 25.4 Å². The molecule has 0 saturated carbocycles. The lowest BCUT2D eigenvalue weighted by Gasteiger charge is -2.07. The Hall–Kier alpha value is -3.54. The third-order valence-corrected chi connectivity index (χ3v) is 4.10. The van der Waals surface area contributed by atoms with Gasteiger partial charge in [-0.1, -0.05) is 18.2 Å². The van der Waals surface area contributed by atoms with E-state index >= 15 is 0 Å². The fourth-order valence-electron chi connectivity index (χ4n) is 2.77.